The molecule has 1 aliphatic rings. The minimum atomic E-state index is 0. The molecule has 3 rings (SSSR count). The highest BCUT2D eigenvalue weighted by Crippen LogP contribution is 2.28. The van der Waals surface area contributed by atoms with Crippen molar-refractivity contribution >= 4 is 41.5 Å². The van der Waals surface area contributed by atoms with Crippen LogP contribution in [0.15, 0.2) is 41.7 Å². The van der Waals surface area contributed by atoms with Crippen molar-refractivity contribution in [3.63, 3.8) is 0 Å². The second kappa shape index (κ2) is 11.9. The second-order valence-electron chi connectivity index (χ2n) is 7.57. The topological polar surface area (TPSA) is 48.7 Å². The molecule has 0 aliphatic carbocycles. The first kappa shape index (κ1) is 24.9. The highest BCUT2D eigenvalue weighted by molar-refractivity contribution is 14.0. The van der Waals surface area contributed by atoms with Crippen molar-refractivity contribution in [1.29, 1.82) is 0 Å². The van der Waals surface area contributed by atoms with E-state index in [-0.39, 0.29) is 30.0 Å². The number of guanidine groups is 1. The van der Waals surface area contributed by atoms with Crippen molar-refractivity contribution in [1.82, 2.24) is 24.9 Å². The maximum Gasteiger partial charge on any atom is 0.193 e. The summed E-state index contributed by atoms with van der Waals surface area (Å²) in [5.41, 5.74) is 2.47. The van der Waals surface area contributed by atoms with Gasteiger partial charge < -0.3 is 10.2 Å². The number of nitrogens with zero attached hydrogens (tertiary/aromatic N) is 5. The monoisotopic (exact) mass is 544 g/mol. The number of likely N-dealkylation sites (N-methyl/N-ethyl adjacent to an activating group) is 1. The number of likely N-dealkylation sites (tertiary alicyclic amines) is 1. The Morgan fingerprint density at radius 2 is 2.07 bits per heavy atom. The van der Waals surface area contributed by atoms with E-state index in [9.17, 15) is 0 Å². The Morgan fingerprint density at radius 3 is 2.67 bits per heavy atom. The first-order valence-corrected chi connectivity index (χ1v) is 10.9. The molecule has 1 aromatic heterocycles. The van der Waals surface area contributed by atoms with Gasteiger partial charge in [0.05, 0.1) is 12.2 Å². The first-order chi connectivity index (χ1) is 14.1. The smallest absolute Gasteiger partial charge is 0.193 e. The standard InChI is InChI=1S/C22H33ClN6.HI/c1-5-28(6-2)21(19-9-7-8-10-20(19)23)14-25-22(24-3)29-12-11-17(16-29)18-13-26-27(4)15-18;/h7-10,13,15,17,21H,5-6,11-12,14,16H2,1-4H3,(H,24,25);1H. The molecule has 0 spiro atoms. The van der Waals surface area contributed by atoms with Gasteiger partial charge in [-0.2, -0.15) is 5.10 Å². The van der Waals surface area contributed by atoms with E-state index in [2.05, 4.69) is 57.4 Å². The molecule has 8 heteroatoms. The Kier molecular flexibility index (Phi) is 9.90. The van der Waals surface area contributed by atoms with E-state index in [4.69, 9.17) is 11.6 Å². The third-order valence-corrected chi connectivity index (χ3v) is 6.21. The maximum absolute atomic E-state index is 6.54. The summed E-state index contributed by atoms with van der Waals surface area (Å²) >= 11 is 6.54. The quantitative estimate of drug-likeness (QED) is 0.323. The van der Waals surface area contributed by atoms with Crippen molar-refractivity contribution < 1.29 is 0 Å². The van der Waals surface area contributed by atoms with E-state index in [0.717, 1.165) is 55.7 Å². The number of nitrogens with one attached hydrogen (secondary N) is 1. The van der Waals surface area contributed by atoms with Crippen LogP contribution in [0.5, 0.6) is 0 Å². The van der Waals surface area contributed by atoms with Crippen LogP contribution in [0.3, 0.4) is 0 Å². The molecule has 2 heterocycles. The molecule has 30 heavy (non-hydrogen) atoms. The van der Waals surface area contributed by atoms with Crippen LogP contribution >= 0.6 is 35.6 Å². The Balaban J connectivity index is 0.00000320. The molecule has 0 radical (unpaired) electrons. The highest BCUT2D eigenvalue weighted by atomic mass is 127. The molecule has 1 fully saturated rings. The van der Waals surface area contributed by atoms with Crippen LogP contribution in [0.2, 0.25) is 5.02 Å². The van der Waals surface area contributed by atoms with E-state index < -0.39 is 0 Å². The fourth-order valence-electron chi connectivity index (χ4n) is 4.24. The van der Waals surface area contributed by atoms with Crippen molar-refractivity contribution in [3.8, 4) is 0 Å². The van der Waals surface area contributed by atoms with E-state index in [1.807, 2.05) is 37.1 Å². The number of hydrogen-bond acceptors (Lipinski definition) is 3. The summed E-state index contributed by atoms with van der Waals surface area (Å²) in [6, 6.07) is 8.35. The average Bonchev–Trinajstić information content (AvgIpc) is 3.38. The molecule has 166 valence electrons. The zero-order chi connectivity index (χ0) is 20.8. The summed E-state index contributed by atoms with van der Waals surface area (Å²) in [7, 11) is 3.83. The van der Waals surface area contributed by atoms with Crippen LogP contribution in [0, 0.1) is 0 Å². The Morgan fingerprint density at radius 1 is 1.33 bits per heavy atom. The van der Waals surface area contributed by atoms with E-state index in [0.29, 0.717) is 5.92 Å². The SMILES string of the molecule is CCN(CC)C(CNC(=NC)N1CCC(c2cnn(C)c2)C1)c1ccccc1Cl.I. The van der Waals surface area contributed by atoms with Crippen molar-refractivity contribution in [2.45, 2.75) is 32.2 Å². The summed E-state index contributed by atoms with van der Waals surface area (Å²) in [6.45, 7) is 9.07. The summed E-state index contributed by atoms with van der Waals surface area (Å²) in [5, 5.41) is 8.76. The summed E-state index contributed by atoms with van der Waals surface area (Å²) in [5.74, 6) is 1.46. The van der Waals surface area contributed by atoms with Crippen LogP contribution in [0.4, 0.5) is 0 Å². The van der Waals surface area contributed by atoms with Crippen molar-refractivity contribution in [3.05, 3.63) is 52.8 Å². The molecule has 2 atom stereocenters. The Bertz CT molecular complexity index is 819. The summed E-state index contributed by atoms with van der Waals surface area (Å²) in [4.78, 5) is 9.35. The normalized spacial score (nSPS) is 17.9. The molecule has 1 aliphatic heterocycles. The number of hydrogen-bond donors (Lipinski definition) is 1. The van der Waals surface area contributed by atoms with Crippen LogP contribution in [-0.2, 0) is 7.05 Å². The minimum Gasteiger partial charge on any atom is -0.354 e. The molecule has 0 saturated carbocycles. The van der Waals surface area contributed by atoms with Gasteiger partial charge in [-0.1, -0.05) is 43.6 Å². The molecular weight excluding hydrogens is 511 g/mol. The number of aryl methyl sites for hydroxylation is 1. The van der Waals surface area contributed by atoms with Gasteiger partial charge in [0.2, 0.25) is 0 Å². The van der Waals surface area contributed by atoms with Gasteiger partial charge in [0.1, 0.15) is 0 Å². The van der Waals surface area contributed by atoms with E-state index in [1.165, 1.54) is 5.56 Å². The van der Waals surface area contributed by atoms with Gasteiger partial charge in [0.15, 0.2) is 5.96 Å². The predicted molar refractivity (Wildman–Crippen MR) is 136 cm³/mol. The Hall–Kier alpha value is -1.32. The van der Waals surface area contributed by atoms with Gasteiger partial charge >= 0.3 is 0 Å². The average molecular weight is 545 g/mol. The predicted octanol–water partition coefficient (Wildman–Crippen LogP) is 4.14. The maximum atomic E-state index is 6.54. The molecular formula is C22H34ClIN6. The van der Waals surface area contributed by atoms with Crippen LogP contribution in [0.1, 0.15) is 43.4 Å². The Labute approximate surface area is 202 Å². The molecule has 1 N–H and O–H groups in total. The molecule has 2 aromatic rings. The van der Waals surface area contributed by atoms with Crippen molar-refractivity contribution in [2.24, 2.45) is 12.0 Å². The van der Waals surface area contributed by atoms with Gasteiger partial charge in [-0.25, -0.2) is 0 Å². The third kappa shape index (κ3) is 5.88. The van der Waals surface area contributed by atoms with Gasteiger partial charge in [-0.15, -0.1) is 24.0 Å². The van der Waals surface area contributed by atoms with Crippen LogP contribution in [-0.4, -0.2) is 65.3 Å². The molecule has 1 saturated heterocycles. The van der Waals surface area contributed by atoms with Crippen LogP contribution < -0.4 is 5.32 Å². The number of halogens is 2. The zero-order valence-corrected chi connectivity index (χ0v) is 21.5. The fraction of sp³-hybridized carbons (Fsp3) is 0.545. The minimum absolute atomic E-state index is 0. The number of aliphatic imine (C=N–C) groups is 1. The highest BCUT2D eigenvalue weighted by Gasteiger charge is 2.28. The molecule has 6 nitrogen and oxygen atoms in total. The lowest BCUT2D eigenvalue weighted by molar-refractivity contribution is 0.218. The van der Waals surface area contributed by atoms with E-state index >= 15 is 0 Å². The van der Waals surface area contributed by atoms with Gasteiger partial charge in [0.25, 0.3) is 0 Å². The van der Waals surface area contributed by atoms with E-state index in [1.54, 1.807) is 0 Å². The molecule has 0 amide bonds. The lowest BCUT2D eigenvalue weighted by Crippen LogP contribution is -2.44. The third-order valence-electron chi connectivity index (χ3n) is 5.87. The molecule has 0 bridgehead atoms. The largest absolute Gasteiger partial charge is 0.354 e. The van der Waals surface area contributed by atoms with Crippen molar-refractivity contribution in [2.75, 3.05) is 39.8 Å². The first-order valence-electron chi connectivity index (χ1n) is 10.5. The van der Waals surface area contributed by atoms with Gasteiger partial charge in [0, 0.05) is 50.9 Å². The number of rotatable bonds is 7. The van der Waals surface area contributed by atoms with Gasteiger partial charge in [-0.3, -0.25) is 14.6 Å². The number of aromatic nitrogens is 2. The fourth-order valence-corrected chi connectivity index (χ4v) is 4.50. The number of benzene rings is 1. The molecule has 2 unspecified atom stereocenters. The van der Waals surface area contributed by atoms with Crippen LogP contribution in [0.25, 0.3) is 0 Å². The molecule has 1 aromatic carbocycles. The summed E-state index contributed by atoms with van der Waals surface area (Å²) < 4.78 is 1.88. The lowest BCUT2D eigenvalue weighted by atomic mass is 10.0. The lowest BCUT2D eigenvalue weighted by Gasteiger charge is -2.32. The zero-order valence-electron chi connectivity index (χ0n) is 18.4. The van der Waals surface area contributed by atoms with Gasteiger partial charge in [-0.05, 0) is 36.7 Å². The second-order valence-corrected chi connectivity index (χ2v) is 7.97. The summed E-state index contributed by atoms with van der Waals surface area (Å²) in [6.07, 6.45) is 5.23.